The second-order valence-corrected chi connectivity index (χ2v) is 4.98. The van der Waals surface area contributed by atoms with Crippen molar-refractivity contribution in [2.45, 2.75) is 50.5 Å². The first-order valence-electron chi connectivity index (χ1n) is 6.18. The second-order valence-electron chi connectivity index (χ2n) is 4.98. The minimum atomic E-state index is -0.520. The van der Waals surface area contributed by atoms with Gasteiger partial charge in [-0.15, -0.1) is 0 Å². The predicted molar refractivity (Wildman–Crippen MR) is 64.5 cm³/mol. The lowest BCUT2D eigenvalue weighted by molar-refractivity contribution is 0.0252. The Bertz CT molecular complexity index is 321. The van der Waals surface area contributed by atoms with Crippen LogP contribution in [0.25, 0.3) is 0 Å². The molecule has 1 saturated carbocycles. The Morgan fingerprint density at radius 3 is 2.06 bits per heavy atom. The number of aromatic hydroxyl groups is 1. The zero-order chi connectivity index (χ0) is 11.4. The van der Waals surface area contributed by atoms with Gasteiger partial charge in [0.1, 0.15) is 5.75 Å². The van der Waals surface area contributed by atoms with Gasteiger partial charge in [0.15, 0.2) is 0 Å². The smallest absolute Gasteiger partial charge is 0.115 e. The molecule has 0 aliphatic heterocycles. The molecule has 0 radical (unpaired) electrons. The van der Waals surface area contributed by atoms with E-state index < -0.39 is 5.60 Å². The first-order valence-corrected chi connectivity index (χ1v) is 6.18. The van der Waals surface area contributed by atoms with Crippen LogP contribution in [0.2, 0.25) is 0 Å². The van der Waals surface area contributed by atoms with Crippen molar-refractivity contribution < 1.29 is 10.2 Å². The Hall–Kier alpha value is -1.02. The van der Waals surface area contributed by atoms with Gasteiger partial charge in [-0.1, -0.05) is 37.8 Å². The van der Waals surface area contributed by atoms with E-state index in [9.17, 15) is 10.2 Å². The van der Waals surface area contributed by atoms with Gasteiger partial charge >= 0.3 is 0 Å². The molecule has 88 valence electrons. The summed E-state index contributed by atoms with van der Waals surface area (Å²) in [6.45, 7) is 0. The maximum atomic E-state index is 10.5. The molecule has 2 rings (SSSR count). The Kier molecular flexibility index (Phi) is 3.49. The first kappa shape index (κ1) is 11.5. The highest BCUT2D eigenvalue weighted by Crippen LogP contribution is 2.30. The number of phenols is 1. The van der Waals surface area contributed by atoms with E-state index >= 15 is 0 Å². The van der Waals surface area contributed by atoms with Crippen LogP contribution in [-0.4, -0.2) is 15.8 Å². The molecule has 0 amide bonds. The molecule has 0 atom stereocenters. The van der Waals surface area contributed by atoms with E-state index in [-0.39, 0.29) is 5.75 Å². The summed E-state index contributed by atoms with van der Waals surface area (Å²) >= 11 is 0. The molecule has 0 saturated heterocycles. The molecule has 1 aromatic rings. The van der Waals surface area contributed by atoms with Crippen molar-refractivity contribution in [1.82, 2.24) is 0 Å². The fourth-order valence-electron chi connectivity index (χ4n) is 2.56. The van der Waals surface area contributed by atoms with Crippen molar-refractivity contribution >= 4 is 0 Å². The van der Waals surface area contributed by atoms with Gasteiger partial charge < -0.3 is 10.2 Å². The predicted octanol–water partition coefficient (Wildman–Crippen LogP) is 3.02. The normalized spacial score (nSPS) is 20.3. The van der Waals surface area contributed by atoms with Gasteiger partial charge in [0.05, 0.1) is 5.60 Å². The molecule has 0 aromatic heterocycles. The van der Waals surface area contributed by atoms with E-state index in [0.29, 0.717) is 6.42 Å². The van der Waals surface area contributed by atoms with Gasteiger partial charge in [-0.05, 0) is 30.5 Å². The Balaban J connectivity index is 2.04. The van der Waals surface area contributed by atoms with Crippen molar-refractivity contribution in [3.8, 4) is 5.75 Å². The number of hydrogen-bond acceptors (Lipinski definition) is 2. The number of benzene rings is 1. The molecule has 2 heteroatoms. The standard InChI is InChI=1S/C14H20O2/c15-13-7-5-12(6-8-13)11-14(16)9-3-1-2-4-10-14/h5-8,15-16H,1-4,9-11H2. The fourth-order valence-corrected chi connectivity index (χ4v) is 2.56. The third-order valence-electron chi connectivity index (χ3n) is 3.50. The van der Waals surface area contributed by atoms with Gasteiger partial charge in [0.2, 0.25) is 0 Å². The van der Waals surface area contributed by atoms with E-state index in [2.05, 4.69) is 0 Å². The van der Waals surface area contributed by atoms with Crippen molar-refractivity contribution in [2.75, 3.05) is 0 Å². The summed E-state index contributed by atoms with van der Waals surface area (Å²) in [6.07, 6.45) is 7.30. The van der Waals surface area contributed by atoms with Crippen LogP contribution in [0.4, 0.5) is 0 Å². The van der Waals surface area contributed by atoms with Crippen molar-refractivity contribution in [2.24, 2.45) is 0 Å². The summed E-state index contributed by atoms with van der Waals surface area (Å²) in [5.74, 6) is 0.289. The Morgan fingerprint density at radius 2 is 1.50 bits per heavy atom. The van der Waals surface area contributed by atoms with Gasteiger partial charge in [-0.2, -0.15) is 0 Å². The molecule has 2 N–H and O–H groups in total. The minimum absolute atomic E-state index is 0.289. The lowest BCUT2D eigenvalue weighted by Crippen LogP contribution is -2.30. The summed E-state index contributed by atoms with van der Waals surface area (Å²) < 4.78 is 0. The Labute approximate surface area is 96.9 Å². The molecule has 0 bridgehead atoms. The molecular weight excluding hydrogens is 200 g/mol. The van der Waals surface area contributed by atoms with Crippen LogP contribution in [0.3, 0.4) is 0 Å². The molecule has 0 heterocycles. The van der Waals surface area contributed by atoms with Gasteiger partial charge in [0.25, 0.3) is 0 Å². The summed E-state index contributed by atoms with van der Waals surface area (Å²) in [6, 6.07) is 7.18. The van der Waals surface area contributed by atoms with Crippen LogP contribution in [0.15, 0.2) is 24.3 Å². The second kappa shape index (κ2) is 4.88. The van der Waals surface area contributed by atoms with E-state index in [0.717, 1.165) is 31.2 Å². The first-order chi connectivity index (χ1) is 7.68. The van der Waals surface area contributed by atoms with E-state index in [1.807, 2.05) is 12.1 Å². The largest absolute Gasteiger partial charge is 0.508 e. The zero-order valence-corrected chi connectivity index (χ0v) is 9.65. The number of aliphatic hydroxyl groups is 1. The van der Waals surface area contributed by atoms with Gasteiger partial charge in [-0.25, -0.2) is 0 Å². The van der Waals surface area contributed by atoms with Crippen LogP contribution in [0.1, 0.15) is 44.1 Å². The monoisotopic (exact) mass is 220 g/mol. The van der Waals surface area contributed by atoms with Crippen LogP contribution < -0.4 is 0 Å². The third kappa shape index (κ3) is 2.99. The molecule has 0 unspecified atom stereocenters. The van der Waals surface area contributed by atoms with Crippen LogP contribution in [-0.2, 0) is 6.42 Å². The topological polar surface area (TPSA) is 40.5 Å². The fraction of sp³-hybridized carbons (Fsp3) is 0.571. The maximum absolute atomic E-state index is 10.5. The molecule has 16 heavy (non-hydrogen) atoms. The van der Waals surface area contributed by atoms with E-state index in [1.165, 1.54) is 12.8 Å². The van der Waals surface area contributed by atoms with Crippen molar-refractivity contribution in [3.05, 3.63) is 29.8 Å². The molecule has 1 fully saturated rings. The quantitative estimate of drug-likeness (QED) is 0.752. The lowest BCUT2D eigenvalue weighted by atomic mass is 9.87. The summed E-state index contributed by atoms with van der Waals surface area (Å²) in [7, 11) is 0. The van der Waals surface area contributed by atoms with Crippen LogP contribution in [0, 0.1) is 0 Å². The lowest BCUT2D eigenvalue weighted by Gasteiger charge is -2.26. The Morgan fingerprint density at radius 1 is 0.938 bits per heavy atom. The average Bonchev–Trinajstić information content (AvgIpc) is 2.47. The number of rotatable bonds is 2. The zero-order valence-electron chi connectivity index (χ0n) is 9.65. The van der Waals surface area contributed by atoms with Crippen molar-refractivity contribution in [3.63, 3.8) is 0 Å². The van der Waals surface area contributed by atoms with Gasteiger partial charge in [-0.3, -0.25) is 0 Å². The molecule has 2 nitrogen and oxygen atoms in total. The average molecular weight is 220 g/mol. The highest BCUT2D eigenvalue weighted by Gasteiger charge is 2.27. The third-order valence-corrected chi connectivity index (χ3v) is 3.50. The highest BCUT2D eigenvalue weighted by atomic mass is 16.3. The summed E-state index contributed by atoms with van der Waals surface area (Å²) in [5, 5.41) is 19.7. The summed E-state index contributed by atoms with van der Waals surface area (Å²) in [5.41, 5.74) is 0.593. The van der Waals surface area contributed by atoms with Gasteiger partial charge in [0, 0.05) is 6.42 Å². The van der Waals surface area contributed by atoms with E-state index in [1.54, 1.807) is 12.1 Å². The van der Waals surface area contributed by atoms with Crippen LogP contribution in [0.5, 0.6) is 5.75 Å². The molecule has 0 spiro atoms. The number of hydrogen-bond donors (Lipinski definition) is 2. The maximum Gasteiger partial charge on any atom is 0.115 e. The number of phenolic OH excluding ortho intramolecular Hbond substituents is 1. The van der Waals surface area contributed by atoms with Crippen LogP contribution >= 0.6 is 0 Å². The molecular formula is C14H20O2. The molecule has 1 aromatic carbocycles. The SMILES string of the molecule is Oc1ccc(CC2(O)CCCCCC2)cc1. The van der Waals surface area contributed by atoms with Crippen molar-refractivity contribution in [1.29, 1.82) is 0 Å². The highest BCUT2D eigenvalue weighted by molar-refractivity contribution is 5.26. The minimum Gasteiger partial charge on any atom is -0.508 e. The van der Waals surface area contributed by atoms with E-state index in [4.69, 9.17) is 0 Å². The summed E-state index contributed by atoms with van der Waals surface area (Å²) in [4.78, 5) is 0. The molecule has 1 aliphatic rings. The molecule has 1 aliphatic carbocycles.